The molecule has 0 aliphatic heterocycles. The first-order valence-corrected chi connectivity index (χ1v) is 19.4. The lowest BCUT2D eigenvalue weighted by molar-refractivity contribution is 0.985. The van der Waals surface area contributed by atoms with Crippen LogP contribution in [0.4, 0.5) is 0 Å². The first kappa shape index (κ1) is 32.2. The highest BCUT2D eigenvalue weighted by Gasteiger charge is 2.19. The molecule has 0 atom stereocenters. The maximum Gasteiger partial charge on any atom is 0.0715 e. The molecule has 0 amide bonds. The number of nitrogens with zero attached hydrogens (tertiary/aromatic N) is 3. The number of benzene rings is 7. The second-order valence-electron chi connectivity index (χ2n) is 14.7. The molecule has 1 aliphatic carbocycles. The standard InChI is InChI=1S/C53H37N3/c1-4-14-36(15-5-1)41-33-48(37-16-6-2-7-17-37)54-49(34-41)38-24-28-43(29-25-38)55-51-23-13-11-21-45(51)47-32-39(27-31-52(47)55)40-26-30-46-44-20-10-12-22-50(44)56(53(46)35-40)42-18-8-3-9-19-42/h1-24,26-28,30-35H,25,29H2. The fourth-order valence-corrected chi connectivity index (χ4v) is 8.74. The lowest BCUT2D eigenvalue weighted by atomic mass is 9.95. The zero-order valence-corrected chi connectivity index (χ0v) is 30.8. The molecular weight excluding hydrogens is 679 g/mol. The molecule has 3 nitrogen and oxygen atoms in total. The minimum atomic E-state index is 0.910. The van der Waals surface area contributed by atoms with E-state index >= 15 is 0 Å². The van der Waals surface area contributed by atoms with Gasteiger partial charge in [0.15, 0.2) is 0 Å². The molecule has 3 heteroatoms. The van der Waals surface area contributed by atoms with Gasteiger partial charge in [0.1, 0.15) is 0 Å². The van der Waals surface area contributed by atoms with Crippen LogP contribution in [-0.2, 0) is 0 Å². The van der Waals surface area contributed by atoms with Gasteiger partial charge in [0.05, 0.1) is 33.5 Å². The second kappa shape index (κ2) is 13.3. The monoisotopic (exact) mass is 715 g/mol. The van der Waals surface area contributed by atoms with Crippen LogP contribution < -0.4 is 0 Å². The van der Waals surface area contributed by atoms with Crippen molar-refractivity contribution in [3.05, 3.63) is 206 Å². The molecule has 0 saturated heterocycles. The van der Waals surface area contributed by atoms with Crippen LogP contribution in [0.3, 0.4) is 0 Å². The van der Waals surface area contributed by atoms with Crippen LogP contribution in [0.15, 0.2) is 200 Å². The average molecular weight is 716 g/mol. The fourth-order valence-electron chi connectivity index (χ4n) is 8.74. The zero-order chi connectivity index (χ0) is 37.0. The van der Waals surface area contributed by atoms with Crippen LogP contribution in [0.25, 0.3) is 94.1 Å². The van der Waals surface area contributed by atoms with Crippen LogP contribution in [0.2, 0.25) is 0 Å². The Bertz CT molecular complexity index is 3110. The first-order chi connectivity index (χ1) is 27.8. The number of allylic oxidation sites excluding steroid dienone is 4. The van der Waals surface area contributed by atoms with Crippen LogP contribution >= 0.6 is 0 Å². The van der Waals surface area contributed by atoms with Crippen molar-refractivity contribution < 1.29 is 0 Å². The summed E-state index contributed by atoms with van der Waals surface area (Å²) < 4.78 is 4.87. The average Bonchev–Trinajstić information content (AvgIpc) is 3.79. The number of hydrogen-bond acceptors (Lipinski definition) is 1. The number of aromatic nitrogens is 3. The van der Waals surface area contributed by atoms with E-state index in [9.17, 15) is 0 Å². The highest BCUT2D eigenvalue weighted by molar-refractivity contribution is 6.13. The maximum absolute atomic E-state index is 5.23. The quantitative estimate of drug-likeness (QED) is 0.168. The van der Waals surface area contributed by atoms with E-state index in [1.165, 1.54) is 82.8 Å². The lowest BCUT2D eigenvalue weighted by Gasteiger charge is -2.19. The minimum absolute atomic E-state index is 0.910. The van der Waals surface area contributed by atoms with Crippen molar-refractivity contribution >= 4 is 54.9 Å². The van der Waals surface area contributed by atoms with Crippen LogP contribution in [0, 0.1) is 0 Å². The van der Waals surface area contributed by atoms with Crippen molar-refractivity contribution in [2.75, 3.05) is 0 Å². The number of hydrogen-bond donors (Lipinski definition) is 0. The summed E-state index contributed by atoms with van der Waals surface area (Å²) in [6, 6.07) is 67.8. The molecule has 3 aromatic heterocycles. The van der Waals surface area contributed by atoms with E-state index in [1.54, 1.807) is 0 Å². The number of rotatable bonds is 6. The Morgan fingerprint density at radius 1 is 0.339 bits per heavy atom. The number of fused-ring (bicyclic) bond motifs is 6. The van der Waals surface area contributed by atoms with Crippen molar-refractivity contribution in [3.8, 4) is 39.2 Å². The van der Waals surface area contributed by atoms with Crippen LogP contribution in [0.1, 0.15) is 18.5 Å². The predicted octanol–water partition coefficient (Wildman–Crippen LogP) is 14.0. The molecule has 0 radical (unpaired) electrons. The normalized spacial score (nSPS) is 13.1. The van der Waals surface area contributed by atoms with Gasteiger partial charge in [0, 0.05) is 38.5 Å². The molecule has 264 valence electrons. The van der Waals surface area contributed by atoms with Crippen molar-refractivity contribution in [3.63, 3.8) is 0 Å². The summed E-state index contributed by atoms with van der Waals surface area (Å²) in [7, 11) is 0. The van der Waals surface area contributed by atoms with Gasteiger partial charge in [-0.1, -0.05) is 140 Å². The molecule has 56 heavy (non-hydrogen) atoms. The third-order valence-corrected chi connectivity index (χ3v) is 11.4. The molecule has 0 bridgehead atoms. The van der Waals surface area contributed by atoms with E-state index < -0.39 is 0 Å². The summed E-state index contributed by atoms with van der Waals surface area (Å²) in [5.74, 6) is 0. The van der Waals surface area contributed by atoms with Gasteiger partial charge in [0.25, 0.3) is 0 Å². The third kappa shape index (κ3) is 5.39. The van der Waals surface area contributed by atoms with Gasteiger partial charge in [-0.25, -0.2) is 4.98 Å². The molecular formula is C53H37N3. The van der Waals surface area contributed by atoms with Crippen molar-refractivity contribution in [1.82, 2.24) is 14.1 Å². The van der Waals surface area contributed by atoms with Crippen molar-refractivity contribution in [1.29, 1.82) is 0 Å². The summed E-state index contributed by atoms with van der Waals surface area (Å²) in [6.07, 6.45) is 6.43. The molecule has 0 spiro atoms. The van der Waals surface area contributed by atoms with E-state index in [4.69, 9.17) is 4.98 Å². The van der Waals surface area contributed by atoms with Crippen LogP contribution in [-0.4, -0.2) is 14.1 Å². The van der Waals surface area contributed by atoms with E-state index in [2.05, 4.69) is 209 Å². The topological polar surface area (TPSA) is 22.8 Å². The highest BCUT2D eigenvalue weighted by Crippen LogP contribution is 2.40. The molecule has 0 unspecified atom stereocenters. The largest absolute Gasteiger partial charge is 0.313 e. The van der Waals surface area contributed by atoms with Gasteiger partial charge in [-0.2, -0.15) is 0 Å². The Morgan fingerprint density at radius 2 is 0.911 bits per heavy atom. The molecule has 1 aliphatic rings. The molecule has 11 rings (SSSR count). The SMILES string of the molecule is C1=C(c2cc(-c3ccccc3)cc(-c3ccccc3)n2)CCC(n2c3ccccc3c3cc(-c4ccc5c6ccccc6n(-c6ccccc6)c5c4)ccc32)=C1. The zero-order valence-electron chi connectivity index (χ0n) is 30.8. The van der Waals surface area contributed by atoms with Gasteiger partial charge >= 0.3 is 0 Å². The summed E-state index contributed by atoms with van der Waals surface area (Å²) >= 11 is 0. The summed E-state index contributed by atoms with van der Waals surface area (Å²) in [5.41, 5.74) is 16.6. The first-order valence-electron chi connectivity index (χ1n) is 19.4. The second-order valence-corrected chi connectivity index (χ2v) is 14.7. The molecule has 0 fully saturated rings. The molecule has 0 N–H and O–H groups in total. The Hall–Kier alpha value is -7.23. The van der Waals surface area contributed by atoms with E-state index in [1.807, 2.05) is 0 Å². The van der Waals surface area contributed by atoms with Gasteiger partial charge in [-0.05, 0) is 101 Å². The highest BCUT2D eigenvalue weighted by atomic mass is 15.0. The molecule has 7 aromatic carbocycles. The summed E-state index contributed by atoms with van der Waals surface area (Å²) in [4.78, 5) is 5.23. The minimum Gasteiger partial charge on any atom is -0.313 e. The van der Waals surface area contributed by atoms with Crippen LogP contribution in [0.5, 0.6) is 0 Å². The molecule has 3 heterocycles. The summed E-state index contributed by atoms with van der Waals surface area (Å²) in [5, 5.41) is 5.07. The predicted molar refractivity (Wildman–Crippen MR) is 236 cm³/mol. The fraction of sp³-hybridized carbons (Fsp3) is 0.0377. The lowest BCUT2D eigenvalue weighted by Crippen LogP contribution is -2.02. The Morgan fingerprint density at radius 3 is 1.64 bits per heavy atom. The van der Waals surface area contributed by atoms with E-state index in [0.29, 0.717) is 0 Å². The third-order valence-electron chi connectivity index (χ3n) is 11.4. The molecule has 0 saturated carbocycles. The Balaban J connectivity index is 1.01. The summed E-state index contributed by atoms with van der Waals surface area (Å²) in [6.45, 7) is 0. The van der Waals surface area contributed by atoms with Gasteiger partial charge in [-0.3, -0.25) is 0 Å². The number of para-hydroxylation sites is 3. The van der Waals surface area contributed by atoms with Gasteiger partial charge < -0.3 is 9.13 Å². The smallest absolute Gasteiger partial charge is 0.0715 e. The Kier molecular flexibility index (Phi) is 7.63. The van der Waals surface area contributed by atoms with Gasteiger partial charge in [0.2, 0.25) is 0 Å². The van der Waals surface area contributed by atoms with E-state index in [0.717, 1.165) is 29.8 Å². The van der Waals surface area contributed by atoms with E-state index in [-0.39, 0.29) is 0 Å². The Labute approximate surface area is 325 Å². The van der Waals surface area contributed by atoms with Crippen molar-refractivity contribution in [2.24, 2.45) is 0 Å². The molecule has 10 aromatic rings. The van der Waals surface area contributed by atoms with Gasteiger partial charge in [-0.15, -0.1) is 0 Å². The number of pyridine rings is 1. The van der Waals surface area contributed by atoms with Crippen molar-refractivity contribution in [2.45, 2.75) is 12.8 Å². The maximum atomic E-state index is 5.23.